The standard InChI is InChI=1S/C29H36O15/c30-7-1-2-14-3-6-18-19(8-14)43-25(20(10-31)42-18)16-5-4-15(9-17(16)33)41-27-24(36)23(35)22(34)21(44-27)11-39-28-26(37)29(38,12-32)13-40-28/h1-6,8-9,20-28,30-38H,7,10-13H2/b2-1+/t20-,21+,22+,23-,24+,25-,26-,27+,28+,29+/m0/s1. The molecule has 242 valence electrons. The zero-order valence-electron chi connectivity index (χ0n) is 23.3. The molecule has 0 unspecified atom stereocenters. The lowest BCUT2D eigenvalue weighted by molar-refractivity contribution is -0.289. The second kappa shape index (κ2) is 13.5. The van der Waals surface area contributed by atoms with E-state index in [2.05, 4.69) is 0 Å². The minimum atomic E-state index is -1.93. The van der Waals surface area contributed by atoms with Crippen LogP contribution in [0, 0.1) is 0 Å². The van der Waals surface area contributed by atoms with Crippen LogP contribution >= 0.6 is 0 Å². The minimum absolute atomic E-state index is 0.00946. The van der Waals surface area contributed by atoms with Gasteiger partial charge in [-0.2, -0.15) is 0 Å². The van der Waals surface area contributed by atoms with Crippen LogP contribution < -0.4 is 14.2 Å². The predicted molar refractivity (Wildman–Crippen MR) is 147 cm³/mol. The number of hydrogen-bond acceptors (Lipinski definition) is 15. The minimum Gasteiger partial charge on any atom is -0.507 e. The van der Waals surface area contributed by atoms with Gasteiger partial charge in [0, 0.05) is 11.6 Å². The largest absolute Gasteiger partial charge is 0.507 e. The van der Waals surface area contributed by atoms with E-state index in [1.54, 1.807) is 30.4 Å². The SMILES string of the molecule is OC/C=C/c1ccc2c(c1)O[C@@H](c1ccc(O[C@@H]3O[C@H](CO[C@@H]4OC[C@](O)(CO)[C@H]4O)[C@@H](O)[C@H](O)[C@H]3O)cc1O)[C@H](CO)O2. The smallest absolute Gasteiger partial charge is 0.229 e. The zero-order valence-corrected chi connectivity index (χ0v) is 23.3. The van der Waals surface area contributed by atoms with Gasteiger partial charge in [0.25, 0.3) is 0 Å². The van der Waals surface area contributed by atoms with Crippen molar-refractivity contribution in [1.82, 2.24) is 0 Å². The molecule has 3 aliphatic heterocycles. The van der Waals surface area contributed by atoms with Gasteiger partial charge in [-0.15, -0.1) is 0 Å². The van der Waals surface area contributed by atoms with Crippen molar-refractivity contribution in [3.05, 3.63) is 53.6 Å². The van der Waals surface area contributed by atoms with Gasteiger partial charge in [-0.25, -0.2) is 0 Å². The van der Waals surface area contributed by atoms with Crippen molar-refractivity contribution in [1.29, 1.82) is 0 Å². The fourth-order valence-corrected chi connectivity index (χ4v) is 5.09. The number of ether oxygens (including phenoxy) is 6. The summed E-state index contributed by atoms with van der Waals surface area (Å²) in [5.74, 6) is 0.455. The molecule has 9 N–H and O–H groups in total. The second-order valence-electron chi connectivity index (χ2n) is 10.7. The van der Waals surface area contributed by atoms with E-state index in [-0.39, 0.29) is 23.7 Å². The molecule has 2 aromatic carbocycles. The Morgan fingerprint density at radius 3 is 2.36 bits per heavy atom. The number of aromatic hydroxyl groups is 1. The number of fused-ring (bicyclic) bond motifs is 1. The van der Waals surface area contributed by atoms with E-state index in [4.69, 9.17) is 33.5 Å². The summed E-state index contributed by atoms with van der Waals surface area (Å²) in [5.41, 5.74) is -0.943. The lowest BCUT2D eigenvalue weighted by Gasteiger charge is -2.40. The molecule has 2 fully saturated rings. The maximum atomic E-state index is 10.9. The van der Waals surface area contributed by atoms with Crippen molar-refractivity contribution in [3.63, 3.8) is 0 Å². The van der Waals surface area contributed by atoms with Gasteiger partial charge in [0.15, 0.2) is 30.0 Å². The molecule has 15 nitrogen and oxygen atoms in total. The van der Waals surface area contributed by atoms with E-state index in [9.17, 15) is 40.9 Å². The number of aliphatic hydroxyl groups excluding tert-OH is 7. The molecule has 0 spiro atoms. The Hall–Kier alpha value is -3.06. The van der Waals surface area contributed by atoms with Crippen LogP contribution in [0.3, 0.4) is 0 Å². The van der Waals surface area contributed by atoms with Gasteiger partial charge in [-0.1, -0.05) is 18.2 Å². The molecule has 10 atom stereocenters. The molecule has 2 saturated heterocycles. The molecule has 0 radical (unpaired) electrons. The van der Waals surface area contributed by atoms with Crippen molar-refractivity contribution < 1.29 is 74.4 Å². The number of benzene rings is 2. The van der Waals surface area contributed by atoms with Crippen LogP contribution in [0.25, 0.3) is 6.08 Å². The highest BCUT2D eigenvalue weighted by Crippen LogP contribution is 2.43. The normalized spacial score (nSPS) is 35.2. The molecule has 44 heavy (non-hydrogen) atoms. The van der Waals surface area contributed by atoms with E-state index in [1.807, 2.05) is 0 Å². The maximum absolute atomic E-state index is 10.9. The summed E-state index contributed by atoms with van der Waals surface area (Å²) in [6, 6.07) is 9.21. The number of hydrogen-bond donors (Lipinski definition) is 9. The first-order valence-electron chi connectivity index (χ1n) is 13.9. The van der Waals surface area contributed by atoms with Crippen LogP contribution in [0.2, 0.25) is 0 Å². The average molecular weight is 625 g/mol. The van der Waals surface area contributed by atoms with Gasteiger partial charge < -0.3 is 74.4 Å². The molecule has 0 saturated carbocycles. The Morgan fingerprint density at radius 2 is 1.68 bits per heavy atom. The summed E-state index contributed by atoms with van der Waals surface area (Å²) in [7, 11) is 0. The molecular formula is C29H36O15. The monoisotopic (exact) mass is 624 g/mol. The third-order valence-corrected chi connectivity index (χ3v) is 7.67. The van der Waals surface area contributed by atoms with E-state index >= 15 is 0 Å². The predicted octanol–water partition coefficient (Wildman–Crippen LogP) is -2.09. The first kappa shape index (κ1) is 32.3. The number of aliphatic hydroxyl groups is 8. The van der Waals surface area contributed by atoms with Crippen LogP contribution in [0.4, 0.5) is 0 Å². The molecule has 15 heteroatoms. The average Bonchev–Trinajstić information content (AvgIpc) is 3.32. The lowest BCUT2D eigenvalue weighted by atomic mass is 9.99. The summed E-state index contributed by atoms with van der Waals surface area (Å²) < 4.78 is 33.8. The molecule has 5 rings (SSSR count). The summed E-state index contributed by atoms with van der Waals surface area (Å²) >= 11 is 0. The molecule has 3 aliphatic rings. The number of phenols is 1. The second-order valence-corrected chi connectivity index (χ2v) is 10.7. The van der Waals surface area contributed by atoms with Gasteiger partial charge in [0.05, 0.1) is 33.0 Å². The van der Waals surface area contributed by atoms with Gasteiger partial charge in [0.1, 0.15) is 47.6 Å². The number of rotatable bonds is 10. The molecule has 0 amide bonds. The molecule has 0 aromatic heterocycles. The Balaban J connectivity index is 1.27. The Bertz CT molecular complexity index is 1310. The summed E-state index contributed by atoms with van der Waals surface area (Å²) in [6.07, 6.45) is -9.38. The highest BCUT2D eigenvalue weighted by molar-refractivity contribution is 5.57. The van der Waals surface area contributed by atoms with Crippen LogP contribution in [-0.2, 0) is 14.2 Å². The van der Waals surface area contributed by atoms with E-state index < -0.39 is 87.3 Å². The van der Waals surface area contributed by atoms with Gasteiger partial charge >= 0.3 is 0 Å². The van der Waals surface area contributed by atoms with E-state index in [0.29, 0.717) is 11.5 Å². The van der Waals surface area contributed by atoms with Crippen LogP contribution in [0.1, 0.15) is 17.2 Å². The third kappa shape index (κ3) is 6.49. The molecule has 0 bridgehead atoms. The Labute approximate surface area is 251 Å². The molecular weight excluding hydrogens is 588 g/mol. The van der Waals surface area contributed by atoms with Crippen molar-refractivity contribution in [2.45, 2.75) is 60.9 Å². The highest BCUT2D eigenvalue weighted by Gasteiger charge is 2.50. The van der Waals surface area contributed by atoms with E-state index in [1.165, 1.54) is 18.2 Å². The van der Waals surface area contributed by atoms with Crippen LogP contribution in [-0.4, -0.2) is 134 Å². The third-order valence-electron chi connectivity index (χ3n) is 7.67. The van der Waals surface area contributed by atoms with Crippen molar-refractivity contribution in [2.24, 2.45) is 0 Å². The quantitative estimate of drug-likeness (QED) is 0.138. The highest BCUT2D eigenvalue weighted by atomic mass is 16.7. The van der Waals surface area contributed by atoms with Crippen molar-refractivity contribution in [2.75, 3.05) is 33.0 Å². The lowest BCUT2D eigenvalue weighted by Crippen LogP contribution is -2.60. The van der Waals surface area contributed by atoms with Crippen LogP contribution in [0.15, 0.2) is 42.5 Å². The maximum Gasteiger partial charge on any atom is 0.229 e. The zero-order chi connectivity index (χ0) is 31.6. The number of phenolic OH excluding ortho intramolecular Hbond substituents is 1. The summed E-state index contributed by atoms with van der Waals surface area (Å²) in [4.78, 5) is 0. The van der Waals surface area contributed by atoms with Gasteiger partial charge in [-0.05, 0) is 29.8 Å². The first-order chi connectivity index (χ1) is 21.1. The topological polar surface area (TPSA) is 237 Å². The Morgan fingerprint density at radius 1 is 0.886 bits per heavy atom. The first-order valence-corrected chi connectivity index (χ1v) is 13.9. The van der Waals surface area contributed by atoms with Gasteiger partial charge in [-0.3, -0.25) is 0 Å². The molecule has 0 aliphatic carbocycles. The van der Waals surface area contributed by atoms with Crippen LogP contribution in [0.5, 0.6) is 23.0 Å². The fourth-order valence-electron chi connectivity index (χ4n) is 5.09. The van der Waals surface area contributed by atoms with E-state index in [0.717, 1.165) is 5.56 Å². The Kier molecular flexibility index (Phi) is 9.93. The molecule has 3 heterocycles. The molecule has 2 aromatic rings. The van der Waals surface area contributed by atoms with Crippen molar-refractivity contribution >= 4 is 6.08 Å². The summed E-state index contributed by atoms with van der Waals surface area (Å²) in [5, 5.41) is 90.8. The van der Waals surface area contributed by atoms with Crippen molar-refractivity contribution in [3.8, 4) is 23.0 Å². The fraction of sp³-hybridized carbons (Fsp3) is 0.517. The summed E-state index contributed by atoms with van der Waals surface area (Å²) in [6.45, 7) is -2.21. The van der Waals surface area contributed by atoms with Gasteiger partial charge in [0.2, 0.25) is 6.29 Å².